The van der Waals surface area contributed by atoms with Crippen LogP contribution in [0.2, 0.25) is 0 Å². The smallest absolute Gasteiger partial charge is 0.410 e. The average molecular weight is 550 g/mol. The first-order valence-corrected chi connectivity index (χ1v) is 14.3. The number of aromatic nitrogens is 1. The number of likely N-dealkylation sites (tertiary alicyclic amines) is 2. The van der Waals surface area contributed by atoms with E-state index >= 15 is 0 Å². The second-order valence-electron chi connectivity index (χ2n) is 11.4. The van der Waals surface area contributed by atoms with Gasteiger partial charge in [-0.1, -0.05) is 6.07 Å². The summed E-state index contributed by atoms with van der Waals surface area (Å²) in [4.78, 5) is 45.4. The zero-order valence-electron chi connectivity index (χ0n) is 23.2. The zero-order chi connectivity index (χ0) is 27.9. The molecule has 2 aromatic heterocycles. The molecule has 0 atom stereocenters. The second kappa shape index (κ2) is 10.6. The van der Waals surface area contributed by atoms with E-state index in [-0.39, 0.29) is 43.4 Å². The van der Waals surface area contributed by atoms with Crippen LogP contribution < -0.4 is 4.74 Å². The lowest BCUT2D eigenvalue weighted by atomic mass is 9.98. The van der Waals surface area contributed by atoms with Gasteiger partial charge in [0.25, 0.3) is 0 Å². The van der Waals surface area contributed by atoms with Crippen molar-refractivity contribution in [1.82, 2.24) is 14.8 Å². The molecular weight excluding hydrogens is 514 g/mol. The molecule has 0 bridgehead atoms. The maximum absolute atomic E-state index is 12.5. The second-order valence-corrected chi connectivity index (χ2v) is 12.5. The molecule has 3 aromatic rings. The number of benzene rings is 1. The van der Waals surface area contributed by atoms with Crippen LogP contribution in [0.15, 0.2) is 30.5 Å². The fourth-order valence-corrected chi connectivity index (χ4v) is 6.32. The van der Waals surface area contributed by atoms with Crippen LogP contribution in [0.25, 0.3) is 21.3 Å². The van der Waals surface area contributed by atoms with E-state index < -0.39 is 5.60 Å². The lowest BCUT2D eigenvalue weighted by Crippen LogP contribution is -2.44. The summed E-state index contributed by atoms with van der Waals surface area (Å²) in [6, 6.07) is 8.23. The summed E-state index contributed by atoms with van der Waals surface area (Å²) in [6.07, 6.45) is 3.50. The van der Waals surface area contributed by atoms with E-state index in [2.05, 4.69) is 31.0 Å². The van der Waals surface area contributed by atoms with Crippen molar-refractivity contribution in [2.24, 2.45) is 0 Å². The van der Waals surface area contributed by atoms with Gasteiger partial charge in [-0.25, -0.2) is 4.79 Å². The molecule has 5 rings (SSSR count). The van der Waals surface area contributed by atoms with Crippen LogP contribution in [0.5, 0.6) is 5.75 Å². The van der Waals surface area contributed by atoms with Crippen LogP contribution in [0.4, 0.5) is 4.79 Å². The molecule has 206 valence electrons. The Kier molecular flexibility index (Phi) is 7.37. The molecule has 0 aliphatic carbocycles. The minimum Gasteiger partial charge on any atom is -0.489 e. The standard InChI is InChI=1S/C30H35N3O5S/c1-18-14-19(2)27(37-20-9-12-32(13-10-20)29(36)38-30(3,4)5)23(15-18)22-8-11-31-24-16-21(39-28(22)24)17-33-25(34)6-7-26(33)35/h8,11,14-16,20H,6-7,9-10,12-13,17H2,1-5H3. The first-order valence-electron chi connectivity index (χ1n) is 13.5. The van der Waals surface area contributed by atoms with Gasteiger partial charge in [0.1, 0.15) is 17.5 Å². The van der Waals surface area contributed by atoms with Gasteiger partial charge in [-0.15, -0.1) is 11.3 Å². The Hall–Kier alpha value is -3.46. The van der Waals surface area contributed by atoms with Gasteiger partial charge < -0.3 is 14.4 Å². The number of hydrogen-bond donors (Lipinski definition) is 0. The van der Waals surface area contributed by atoms with Crippen molar-refractivity contribution in [2.75, 3.05) is 13.1 Å². The monoisotopic (exact) mass is 549 g/mol. The Morgan fingerprint density at radius 2 is 1.74 bits per heavy atom. The summed E-state index contributed by atoms with van der Waals surface area (Å²) in [5, 5.41) is 0. The van der Waals surface area contributed by atoms with Gasteiger partial charge in [-0.2, -0.15) is 0 Å². The van der Waals surface area contributed by atoms with Gasteiger partial charge >= 0.3 is 6.09 Å². The number of hydrogen-bond acceptors (Lipinski definition) is 7. The lowest BCUT2D eigenvalue weighted by molar-refractivity contribution is -0.139. The third-order valence-electron chi connectivity index (χ3n) is 7.02. The number of carbonyl (C=O) groups is 3. The predicted octanol–water partition coefficient (Wildman–Crippen LogP) is 6.01. The number of carbonyl (C=O) groups excluding carboxylic acids is 3. The molecule has 0 radical (unpaired) electrons. The Labute approximate surface area is 232 Å². The van der Waals surface area contributed by atoms with Crippen LogP contribution in [0.1, 0.15) is 62.5 Å². The highest BCUT2D eigenvalue weighted by molar-refractivity contribution is 7.19. The normalized spacial score (nSPS) is 16.8. The Bertz CT molecular complexity index is 1420. The van der Waals surface area contributed by atoms with E-state index in [0.29, 0.717) is 13.1 Å². The van der Waals surface area contributed by atoms with Crippen LogP contribution >= 0.6 is 11.3 Å². The summed E-state index contributed by atoms with van der Waals surface area (Å²) in [5.74, 6) is 0.602. The molecule has 1 aromatic carbocycles. The highest BCUT2D eigenvalue weighted by atomic mass is 32.1. The van der Waals surface area contributed by atoms with Crippen LogP contribution in [-0.2, 0) is 20.9 Å². The topological polar surface area (TPSA) is 89.0 Å². The molecule has 0 N–H and O–H groups in total. The van der Waals surface area contributed by atoms with Gasteiger partial charge in [0.05, 0.1) is 16.8 Å². The summed E-state index contributed by atoms with van der Waals surface area (Å²) in [6.45, 7) is 11.2. The number of ether oxygens (including phenoxy) is 2. The summed E-state index contributed by atoms with van der Waals surface area (Å²) >= 11 is 1.56. The number of fused-ring (bicyclic) bond motifs is 1. The third-order valence-corrected chi connectivity index (χ3v) is 8.16. The molecule has 39 heavy (non-hydrogen) atoms. The first-order chi connectivity index (χ1) is 18.5. The maximum Gasteiger partial charge on any atom is 0.410 e. The van der Waals surface area contributed by atoms with Crippen molar-refractivity contribution in [3.05, 3.63) is 46.5 Å². The van der Waals surface area contributed by atoms with E-state index in [0.717, 1.165) is 55.9 Å². The van der Waals surface area contributed by atoms with Crippen molar-refractivity contribution in [3.63, 3.8) is 0 Å². The number of piperidine rings is 1. The van der Waals surface area contributed by atoms with Crippen LogP contribution in [0.3, 0.4) is 0 Å². The molecule has 2 aliphatic rings. The fraction of sp³-hybridized carbons (Fsp3) is 0.467. The molecular formula is C30H35N3O5S. The van der Waals surface area contributed by atoms with Gasteiger partial charge in [0.15, 0.2) is 0 Å². The fourth-order valence-electron chi connectivity index (χ4n) is 5.19. The molecule has 2 aliphatic heterocycles. The van der Waals surface area contributed by atoms with Crippen LogP contribution in [-0.4, -0.2) is 57.5 Å². The van der Waals surface area contributed by atoms with Crippen molar-refractivity contribution in [2.45, 2.75) is 78.6 Å². The largest absolute Gasteiger partial charge is 0.489 e. The molecule has 2 saturated heterocycles. The van der Waals surface area contributed by atoms with Gasteiger partial charge in [0.2, 0.25) is 11.8 Å². The molecule has 0 spiro atoms. The Morgan fingerprint density at radius 1 is 1.05 bits per heavy atom. The number of imide groups is 1. The number of pyridine rings is 1. The van der Waals surface area contributed by atoms with Crippen molar-refractivity contribution in [1.29, 1.82) is 0 Å². The highest BCUT2D eigenvalue weighted by Crippen LogP contribution is 2.41. The van der Waals surface area contributed by atoms with E-state index in [4.69, 9.17) is 9.47 Å². The van der Waals surface area contributed by atoms with E-state index in [1.807, 2.05) is 32.9 Å². The number of rotatable bonds is 5. The molecule has 9 heteroatoms. The number of amides is 3. The lowest BCUT2D eigenvalue weighted by Gasteiger charge is -2.34. The maximum atomic E-state index is 12.5. The molecule has 4 heterocycles. The molecule has 8 nitrogen and oxygen atoms in total. The van der Waals surface area contributed by atoms with E-state index in [9.17, 15) is 14.4 Å². The van der Waals surface area contributed by atoms with Crippen molar-refractivity contribution >= 4 is 39.5 Å². The minimum atomic E-state index is -0.518. The SMILES string of the molecule is Cc1cc(C)c(OC2CCN(C(=O)OC(C)(C)C)CC2)c(-c2ccnc3cc(CN4C(=O)CCC4=O)sc23)c1. The predicted molar refractivity (Wildman–Crippen MR) is 151 cm³/mol. The average Bonchev–Trinajstić information content (AvgIpc) is 3.43. The Morgan fingerprint density at radius 3 is 2.41 bits per heavy atom. The van der Waals surface area contributed by atoms with Gasteiger partial charge in [-0.3, -0.25) is 19.5 Å². The van der Waals surface area contributed by atoms with Crippen LogP contribution in [0, 0.1) is 13.8 Å². The summed E-state index contributed by atoms with van der Waals surface area (Å²) in [7, 11) is 0. The number of nitrogens with zero attached hydrogens (tertiary/aromatic N) is 3. The first kappa shape index (κ1) is 27.1. The zero-order valence-corrected chi connectivity index (χ0v) is 24.0. The molecule has 3 amide bonds. The summed E-state index contributed by atoms with van der Waals surface area (Å²) in [5.41, 5.74) is 4.51. The quantitative estimate of drug-likeness (QED) is 0.362. The number of thiophene rings is 1. The third kappa shape index (κ3) is 5.93. The Balaban J connectivity index is 1.40. The minimum absolute atomic E-state index is 0.0211. The molecule has 0 unspecified atom stereocenters. The van der Waals surface area contributed by atoms with E-state index in [1.54, 1.807) is 22.4 Å². The highest BCUT2D eigenvalue weighted by Gasteiger charge is 2.30. The van der Waals surface area contributed by atoms with Crippen molar-refractivity contribution in [3.8, 4) is 16.9 Å². The van der Waals surface area contributed by atoms with Crippen molar-refractivity contribution < 1.29 is 23.9 Å². The van der Waals surface area contributed by atoms with E-state index in [1.165, 1.54) is 4.90 Å². The molecule has 0 saturated carbocycles. The number of aryl methyl sites for hydroxylation is 2. The molecule has 2 fully saturated rings. The van der Waals surface area contributed by atoms with Gasteiger partial charge in [-0.05, 0) is 63.9 Å². The summed E-state index contributed by atoms with van der Waals surface area (Å²) < 4.78 is 13.2. The van der Waals surface area contributed by atoms with Gasteiger partial charge in [0, 0.05) is 61.0 Å².